The van der Waals surface area contributed by atoms with E-state index in [4.69, 9.17) is 10.5 Å². The van der Waals surface area contributed by atoms with Crippen LogP contribution in [-0.4, -0.2) is 37.6 Å². The molecule has 4 nitrogen and oxygen atoms in total. The molecule has 0 aliphatic rings. The van der Waals surface area contributed by atoms with Crippen molar-refractivity contribution in [2.45, 2.75) is 34.1 Å². The lowest BCUT2D eigenvalue weighted by Crippen LogP contribution is -2.40. The highest BCUT2D eigenvalue weighted by Gasteiger charge is 2.20. The average molecular weight is 292 g/mol. The Morgan fingerprint density at radius 2 is 1.95 bits per heavy atom. The third-order valence-corrected chi connectivity index (χ3v) is 3.71. The number of nitrogens with two attached hydrogens (primary N) is 1. The molecule has 118 valence electrons. The first-order valence-electron chi connectivity index (χ1n) is 7.39. The number of carbonyl (C=O) groups is 1. The molecule has 0 spiro atoms. The zero-order chi connectivity index (χ0) is 16.0. The van der Waals surface area contributed by atoms with Gasteiger partial charge in [0.05, 0.1) is 13.0 Å². The zero-order valence-corrected chi connectivity index (χ0v) is 13.9. The first kappa shape index (κ1) is 17.5. The quantitative estimate of drug-likeness (QED) is 0.840. The lowest BCUT2D eigenvalue weighted by molar-refractivity contribution is -0.131. The van der Waals surface area contributed by atoms with Gasteiger partial charge < -0.3 is 15.4 Å². The Labute approximate surface area is 128 Å². The van der Waals surface area contributed by atoms with Crippen LogP contribution < -0.4 is 10.5 Å². The van der Waals surface area contributed by atoms with Crippen molar-refractivity contribution in [1.29, 1.82) is 0 Å². The largest absolute Gasteiger partial charge is 0.493 e. The van der Waals surface area contributed by atoms with Crippen LogP contribution in [0.2, 0.25) is 0 Å². The second-order valence-corrected chi connectivity index (χ2v) is 6.46. The van der Waals surface area contributed by atoms with E-state index >= 15 is 0 Å². The molecule has 0 aliphatic heterocycles. The number of amides is 1. The molecule has 0 aliphatic carbocycles. The second-order valence-electron chi connectivity index (χ2n) is 6.46. The van der Waals surface area contributed by atoms with E-state index < -0.39 is 0 Å². The molecule has 0 saturated heterocycles. The number of aryl methyl sites for hydroxylation is 2. The number of carbonyl (C=O) groups excluding carboxylic acids is 1. The molecule has 1 rings (SSSR count). The van der Waals surface area contributed by atoms with Gasteiger partial charge in [-0.1, -0.05) is 19.9 Å². The monoisotopic (exact) mass is 292 g/mol. The highest BCUT2D eigenvalue weighted by molar-refractivity contribution is 5.76. The van der Waals surface area contributed by atoms with Gasteiger partial charge in [-0.05, 0) is 49.1 Å². The normalized spacial score (nSPS) is 11.3. The molecule has 0 bridgehead atoms. The summed E-state index contributed by atoms with van der Waals surface area (Å²) in [6, 6.07) is 5.97. The molecule has 0 aromatic heterocycles. The summed E-state index contributed by atoms with van der Waals surface area (Å²) in [7, 11) is 1.82. The summed E-state index contributed by atoms with van der Waals surface area (Å²) in [6.45, 7) is 9.85. The molecule has 0 heterocycles. The fourth-order valence-electron chi connectivity index (χ4n) is 2.05. The Bertz CT molecular complexity index is 484. The van der Waals surface area contributed by atoms with Gasteiger partial charge in [0.25, 0.3) is 0 Å². The topological polar surface area (TPSA) is 55.6 Å². The molecule has 0 unspecified atom stereocenters. The molecule has 1 aromatic rings. The van der Waals surface area contributed by atoms with Crippen LogP contribution >= 0.6 is 0 Å². The van der Waals surface area contributed by atoms with Crippen molar-refractivity contribution in [2.75, 3.05) is 26.7 Å². The number of hydrogen-bond acceptors (Lipinski definition) is 3. The van der Waals surface area contributed by atoms with Crippen molar-refractivity contribution < 1.29 is 9.53 Å². The van der Waals surface area contributed by atoms with Gasteiger partial charge in [0.15, 0.2) is 0 Å². The minimum Gasteiger partial charge on any atom is -0.493 e. The molecular formula is C17H28N2O2. The van der Waals surface area contributed by atoms with Gasteiger partial charge in [0, 0.05) is 13.6 Å². The minimum absolute atomic E-state index is 0.0562. The van der Waals surface area contributed by atoms with Crippen LogP contribution in [0.25, 0.3) is 0 Å². The first-order chi connectivity index (χ1) is 9.75. The molecular weight excluding hydrogens is 264 g/mol. The third kappa shape index (κ3) is 5.76. The van der Waals surface area contributed by atoms with Crippen LogP contribution in [-0.2, 0) is 4.79 Å². The average Bonchev–Trinajstić information content (AvgIpc) is 2.42. The van der Waals surface area contributed by atoms with Crippen LogP contribution in [0, 0.1) is 19.3 Å². The second kappa shape index (κ2) is 7.46. The maximum atomic E-state index is 12.1. The van der Waals surface area contributed by atoms with E-state index in [2.05, 4.69) is 27.7 Å². The lowest BCUT2D eigenvalue weighted by atomic mass is 9.93. The zero-order valence-electron chi connectivity index (χ0n) is 13.9. The van der Waals surface area contributed by atoms with E-state index in [9.17, 15) is 4.79 Å². The van der Waals surface area contributed by atoms with Gasteiger partial charge >= 0.3 is 0 Å². The number of ether oxygens (including phenoxy) is 1. The number of nitrogens with zero attached hydrogens (tertiary/aromatic N) is 1. The van der Waals surface area contributed by atoms with Crippen LogP contribution in [0.5, 0.6) is 5.75 Å². The fourth-order valence-corrected chi connectivity index (χ4v) is 2.05. The summed E-state index contributed by atoms with van der Waals surface area (Å²) in [5.74, 6) is 0.899. The molecule has 21 heavy (non-hydrogen) atoms. The fraction of sp³-hybridized carbons (Fsp3) is 0.588. The predicted molar refractivity (Wildman–Crippen MR) is 86.5 cm³/mol. The Morgan fingerprint density at radius 1 is 1.29 bits per heavy atom. The molecule has 1 amide bonds. The van der Waals surface area contributed by atoms with E-state index in [0.717, 1.165) is 5.75 Å². The highest BCUT2D eigenvalue weighted by atomic mass is 16.5. The highest BCUT2D eigenvalue weighted by Crippen LogP contribution is 2.17. The molecule has 0 saturated carbocycles. The molecule has 0 atom stereocenters. The van der Waals surface area contributed by atoms with Crippen LogP contribution in [0.1, 0.15) is 31.4 Å². The van der Waals surface area contributed by atoms with E-state index in [0.29, 0.717) is 26.1 Å². The maximum Gasteiger partial charge on any atom is 0.225 e. The lowest BCUT2D eigenvalue weighted by Gasteiger charge is -2.29. The van der Waals surface area contributed by atoms with Crippen LogP contribution in [0.15, 0.2) is 18.2 Å². The summed E-state index contributed by atoms with van der Waals surface area (Å²) in [6.07, 6.45) is 0.379. The molecule has 0 fully saturated rings. The van der Waals surface area contributed by atoms with Crippen LogP contribution in [0.3, 0.4) is 0 Å². The van der Waals surface area contributed by atoms with Crippen molar-refractivity contribution >= 4 is 5.91 Å². The van der Waals surface area contributed by atoms with Crippen molar-refractivity contribution in [3.05, 3.63) is 29.3 Å². The van der Waals surface area contributed by atoms with Gasteiger partial charge in [-0.15, -0.1) is 0 Å². The molecule has 1 aromatic carbocycles. The Balaban J connectivity index is 2.41. The smallest absolute Gasteiger partial charge is 0.225 e. The minimum atomic E-state index is -0.0562. The third-order valence-electron chi connectivity index (χ3n) is 3.71. The van der Waals surface area contributed by atoms with Crippen molar-refractivity contribution in [3.8, 4) is 5.75 Å². The molecule has 4 heteroatoms. The van der Waals surface area contributed by atoms with Gasteiger partial charge in [-0.25, -0.2) is 0 Å². The van der Waals surface area contributed by atoms with E-state index in [1.807, 2.05) is 25.2 Å². The maximum absolute atomic E-state index is 12.1. The van der Waals surface area contributed by atoms with Gasteiger partial charge in [-0.3, -0.25) is 4.79 Å². The van der Waals surface area contributed by atoms with Crippen molar-refractivity contribution in [3.63, 3.8) is 0 Å². The summed E-state index contributed by atoms with van der Waals surface area (Å²) in [4.78, 5) is 13.8. The van der Waals surface area contributed by atoms with Gasteiger partial charge in [0.2, 0.25) is 5.91 Å². The predicted octanol–water partition coefficient (Wildman–Crippen LogP) is 2.52. The summed E-state index contributed by atoms with van der Waals surface area (Å²) < 4.78 is 5.65. The Hall–Kier alpha value is -1.55. The summed E-state index contributed by atoms with van der Waals surface area (Å²) in [5, 5.41) is 0. The SMILES string of the molecule is Cc1ccc(OCCC(=O)N(C)CC(C)(C)CN)cc1C. The van der Waals surface area contributed by atoms with Crippen LogP contribution in [0.4, 0.5) is 0 Å². The summed E-state index contributed by atoms with van der Waals surface area (Å²) >= 11 is 0. The van der Waals surface area contributed by atoms with Crippen molar-refractivity contribution in [1.82, 2.24) is 4.90 Å². The van der Waals surface area contributed by atoms with Gasteiger partial charge in [-0.2, -0.15) is 0 Å². The number of rotatable bonds is 7. The first-order valence-corrected chi connectivity index (χ1v) is 7.39. The van der Waals surface area contributed by atoms with E-state index in [1.54, 1.807) is 4.90 Å². The Kier molecular flexibility index (Phi) is 6.21. The van der Waals surface area contributed by atoms with E-state index in [-0.39, 0.29) is 11.3 Å². The molecule has 0 radical (unpaired) electrons. The Morgan fingerprint density at radius 3 is 2.52 bits per heavy atom. The number of hydrogen-bond donors (Lipinski definition) is 1. The summed E-state index contributed by atoms with van der Waals surface area (Å²) in [5.41, 5.74) is 8.07. The standard InChI is InChI=1S/C17H28N2O2/c1-13-6-7-15(10-14(13)2)21-9-8-16(20)19(5)12-17(3,4)11-18/h6-7,10H,8-9,11-12,18H2,1-5H3. The van der Waals surface area contributed by atoms with Gasteiger partial charge in [0.1, 0.15) is 5.75 Å². The van der Waals surface area contributed by atoms with E-state index in [1.165, 1.54) is 11.1 Å². The molecule has 2 N–H and O–H groups in total. The number of benzene rings is 1. The van der Waals surface area contributed by atoms with Crippen molar-refractivity contribution in [2.24, 2.45) is 11.1 Å².